The van der Waals surface area contributed by atoms with Gasteiger partial charge in [-0.25, -0.2) is 9.37 Å². The molecule has 0 bridgehead atoms. The highest BCUT2D eigenvalue weighted by Crippen LogP contribution is 2.34. The number of nitrogens with two attached hydrogens (primary N) is 1. The van der Waals surface area contributed by atoms with Crippen molar-refractivity contribution in [1.29, 1.82) is 0 Å². The van der Waals surface area contributed by atoms with Crippen molar-refractivity contribution in [2.24, 2.45) is 5.73 Å². The molecule has 3 aromatic rings. The molecule has 2 aromatic carbocycles. The normalized spacial score (nSPS) is 11.1. The number of hydrogen-bond donors (Lipinski definition) is 3. The fourth-order valence-electron chi connectivity index (χ4n) is 2.53. The number of nitrogens with one attached hydrogen (secondary N) is 1. The average molecular weight is 458 g/mol. The van der Waals surface area contributed by atoms with Crippen molar-refractivity contribution >= 4 is 55.8 Å². The van der Waals surface area contributed by atoms with Crippen molar-refractivity contribution in [2.75, 3.05) is 18.5 Å². The van der Waals surface area contributed by atoms with Crippen LogP contribution in [0, 0.1) is 5.82 Å². The van der Waals surface area contributed by atoms with Crippen molar-refractivity contribution < 1.29 is 19.0 Å². The topological polar surface area (TPSA) is 102 Å². The summed E-state index contributed by atoms with van der Waals surface area (Å²) in [6.45, 7) is 0.0160. The Morgan fingerprint density at radius 2 is 2.22 bits per heavy atom. The molecule has 0 atom stereocenters. The third-order valence-electron chi connectivity index (χ3n) is 3.78. The molecule has 0 unspecified atom stereocenters. The van der Waals surface area contributed by atoms with E-state index in [0.29, 0.717) is 16.2 Å². The first-order valence-electron chi connectivity index (χ1n) is 7.80. The van der Waals surface area contributed by atoms with Gasteiger partial charge in [-0.1, -0.05) is 27.5 Å². The van der Waals surface area contributed by atoms with Gasteiger partial charge < -0.3 is 25.5 Å². The van der Waals surface area contributed by atoms with Gasteiger partial charge in [-0.3, -0.25) is 4.79 Å². The fraction of sp³-hybridized carbons (Fsp3) is 0.176. The predicted octanol–water partition coefficient (Wildman–Crippen LogP) is 3.40. The Balaban J connectivity index is 2.08. The number of ether oxygens (including phenoxy) is 1. The Labute approximate surface area is 167 Å². The number of halogens is 3. The van der Waals surface area contributed by atoms with Gasteiger partial charge in [-0.2, -0.15) is 0 Å². The highest BCUT2D eigenvalue weighted by Gasteiger charge is 2.21. The number of carbonyl (C=O) groups is 1. The van der Waals surface area contributed by atoms with E-state index >= 15 is 4.39 Å². The molecule has 7 nitrogen and oxygen atoms in total. The predicted molar refractivity (Wildman–Crippen MR) is 104 cm³/mol. The molecule has 1 amide bonds. The van der Waals surface area contributed by atoms with Crippen molar-refractivity contribution in [2.45, 2.75) is 6.73 Å². The Kier molecular flexibility index (Phi) is 5.95. The second-order valence-electron chi connectivity index (χ2n) is 5.57. The van der Waals surface area contributed by atoms with Crippen LogP contribution in [0.5, 0.6) is 0 Å². The zero-order chi connectivity index (χ0) is 19.6. The monoisotopic (exact) mass is 456 g/mol. The number of fused-ring (bicyclic) bond motifs is 1. The van der Waals surface area contributed by atoms with Gasteiger partial charge in [0.25, 0.3) is 5.91 Å². The van der Waals surface area contributed by atoms with E-state index in [1.54, 1.807) is 18.2 Å². The minimum absolute atomic E-state index is 0.0417. The molecule has 0 saturated heterocycles. The van der Waals surface area contributed by atoms with Crippen LogP contribution in [0.4, 0.5) is 15.8 Å². The highest BCUT2D eigenvalue weighted by atomic mass is 79.9. The average Bonchev–Trinajstić information content (AvgIpc) is 3.02. The lowest BCUT2D eigenvalue weighted by atomic mass is 10.1. The second-order valence-corrected chi connectivity index (χ2v) is 6.89. The largest absolute Gasteiger partial charge is 0.394 e. The maximum absolute atomic E-state index is 15.1. The van der Waals surface area contributed by atoms with Crippen molar-refractivity contribution in [3.05, 3.63) is 51.5 Å². The Morgan fingerprint density at radius 1 is 1.44 bits per heavy atom. The van der Waals surface area contributed by atoms with Gasteiger partial charge >= 0.3 is 0 Å². The molecule has 0 saturated carbocycles. The molecule has 27 heavy (non-hydrogen) atoms. The van der Waals surface area contributed by atoms with E-state index in [0.717, 1.165) is 4.47 Å². The molecule has 10 heteroatoms. The number of primary amides is 1. The Bertz CT molecular complexity index is 1010. The van der Waals surface area contributed by atoms with Gasteiger partial charge in [0.15, 0.2) is 5.82 Å². The SMILES string of the molecule is NC(=O)c1cc2c(ncn2COCCO)c(F)c1Nc1ccc(Br)cc1Cl. The summed E-state index contributed by atoms with van der Waals surface area (Å²) in [4.78, 5) is 16.0. The summed E-state index contributed by atoms with van der Waals surface area (Å²) in [6.07, 6.45) is 1.38. The molecule has 0 aliphatic rings. The number of amides is 1. The van der Waals surface area contributed by atoms with Gasteiger partial charge in [-0.05, 0) is 24.3 Å². The van der Waals surface area contributed by atoms with E-state index in [9.17, 15) is 4.79 Å². The summed E-state index contributed by atoms with van der Waals surface area (Å²) in [5.41, 5.74) is 6.08. The summed E-state index contributed by atoms with van der Waals surface area (Å²) in [6, 6.07) is 6.44. The number of imidazole rings is 1. The summed E-state index contributed by atoms with van der Waals surface area (Å²) in [5.74, 6) is -1.54. The van der Waals surface area contributed by atoms with Crippen LogP contribution in [-0.2, 0) is 11.5 Å². The molecular formula is C17H15BrClFN4O3. The van der Waals surface area contributed by atoms with Gasteiger partial charge in [0.05, 0.1) is 47.0 Å². The maximum atomic E-state index is 15.1. The zero-order valence-electron chi connectivity index (χ0n) is 13.9. The second kappa shape index (κ2) is 8.22. The highest BCUT2D eigenvalue weighted by molar-refractivity contribution is 9.10. The number of aliphatic hydroxyl groups is 1. The van der Waals surface area contributed by atoms with Gasteiger partial charge in [0.2, 0.25) is 0 Å². The fourth-order valence-corrected chi connectivity index (χ4v) is 3.25. The molecule has 0 aliphatic heterocycles. The summed E-state index contributed by atoms with van der Waals surface area (Å²) in [7, 11) is 0. The van der Waals surface area contributed by atoms with Gasteiger partial charge in [0.1, 0.15) is 12.2 Å². The van der Waals surface area contributed by atoms with Crippen molar-refractivity contribution in [3.63, 3.8) is 0 Å². The minimum atomic E-state index is -0.810. The molecule has 4 N–H and O–H groups in total. The summed E-state index contributed by atoms with van der Waals surface area (Å²) in [5, 5.41) is 12.0. The molecule has 1 aromatic heterocycles. The van der Waals surface area contributed by atoms with Crippen LogP contribution in [0.1, 0.15) is 10.4 Å². The molecule has 0 fully saturated rings. The zero-order valence-corrected chi connectivity index (χ0v) is 16.2. The number of anilines is 2. The number of benzene rings is 2. The Hall–Kier alpha value is -2.20. The van der Waals surface area contributed by atoms with Crippen LogP contribution in [0.2, 0.25) is 5.02 Å². The van der Waals surface area contributed by atoms with Gasteiger partial charge in [0, 0.05) is 4.47 Å². The number of hydrogen-bond acceptors (Lipinski definition) is 5. The van der Waals surface area contributed by atoms with Crippen molar-refractivity contribution in [1.82, 2.24) is 9.55 Å². The van der Waals surface area contributed by atoms with Crippen LogP contribution in [0.3, 0.4) is 0 Å². The summed E-state index contributed by atoms with van der Waals surface area (Å²) < 4.78 is 22.6. The smallest absolute Gasteiger partial charge is 0.251 e. The molecule has 1 heterocycles. The lowest BCUT2D eigenvalue weighted by molar-refractivity contribution is 0.0501. The first-order chi connectivity index (χ1) is 12.9. The van der Waals surface area contributed by atoms with Crippen LogP contribution >= 0.6 is 27.5 Å². The van der Waals surface area contributed by atoms with E-state index in [-0.39, 0.29) is 36.7 Å². The number of nitrogens with zero attached hydrogens (tertiary/aromatic N) is 2. The molecule has 3 rings (SSSR count). The molecule has 142 valence electrons. The minimum Gasteiger partial charge on any atom is -0.394 e. The number of carbonyl (C=O) groups excluding carboxylic acids is 1. The lowest BCUT2D eigenvalue weighted by Gasteiger charge is -2.14. The van der Waals surface area contributed by atoms with E-state index in [1.807, 2.05) is 0 Å². The van der Waals surface area contributed by atoms with Crippen LogP contribution in [0.15, 0.2) is 35.1 Å². The summed E-state index contributed by atoms with van der Waals surface area (Å²) >= 11 is 9.46. The molecule has 0 spiro atoms. The van der Waals surface area contributed by atoms with E-state index < -0.39 is 11.7 Å². The van der Waals surface area contributed by atoms with E-state index in [4.69, 9.17) is 27.2 Å². The number of aromatic nitrogens is 2. The Morgan fingerprint density at radius 3 is 2.89 bits per heavy atom. The van der Waals surface area contributed by atoms with E-state index in [1.165, 1.54) is 17.0 Å². The molecule has 0 aliphatic carbocycles. The van der Waals surface area contributed by atoms with Gasteiger partial charge in [-0.15, -0.1) is 0 Å². The van der Waals surface area contributed by atoms with E-state index in [2.05, 4.69) is 26.2 Å². The van der Waals surface area contributed by atoms with Crippen LogP contribution < -0.4 is 11.1 Å². The first-order valence-corrected chi connectivity index (χ1v) is 8.97. The molecule has 0 radical (unpaired) electrons. The van der Waals surface area contributed by atoms with Crippen molar-refractivity contribution in [3.8, 4) is 0 Å². The first kappa shape index (κ1) is 19.6. The standard InChI is InChI=1S/C17H15BrClFN4O3/c18-9-1-2-12(11(19)5-9)23-15-10(17(21)26)6-13-16(14(15)20)22-7-24(13)8-27-4-3-25/h1-2,5-7,23,25H,3-4,8H2,(H2,21,26). The maximum Gasteiger partial charge on any atom is 0.251 e. The quantitative estimate of drug-likeness (QED) is 0.472. The third-order valence-corrected chi connectivity index (χ3v) is 4.58. The van der Waals surface area contributed by atoms with Crippen LogP contribution in [-0.4, -0.2) is 33.8 Å². The number of rotatable bonds is 7. The lowest BCUT2D eigenvalue weighted by Crippen LogP contribution is -2.15. The third kappa shape index (κ3) is 4.06. The van der Waals surface area contributed by atoms with Crippen LogP contribution in [0.25, 0.3) is 11.0 Å². The molecular weight excluding hydrogens is 443 g/mol. The number of aliphatic hydroxyl groups excluding tert-OH is 1.